The fourth-order valence-electron chi connectivity index (χ4n) is 0. The van der Waals surface area contributed by atoms with Crippen molar-refractivity contribution in [3.63, 3.8) is 0 Å². The van der Waals surface area contributed by atoms with Gasteiger partial charge < -0.3 is 18.2 Å². The predicted octanol–water partition coefficient (Wildman–Crippen LogP) is -2.40. The van der Waals surface area contributed by atoms with E-state index in [1.807, 2.05) is 0 Å². The molecule has 0 aromatic carbocycles. The summed E-state index contributed by atoms with van der Waals surface area (Å²) < 4.78 is 72.0. The SMILES string of the molecule is CS(=O)[O-].CS(=O)[O-].CS(=O)[O-].CS(=O)[O-].[Sn+4]. The molecule has 4 unspecified atom stereocenters. The van der Waals surface area contributed by atoms with Crippen LogP contribution in [0, 0.1) is 0 Å². The fourth-order valence-corrected chi connectivity index (χ4v) is 0. The maximum Gasteiger partial charge on any atom is 4.00 e. The van der Waals surface area contributed by atoms with Crippen molar-refractivity contribution in [3.05, 3.63) is 0 Å². The van der Waals surface area contributed by atoms with Gasteiger partial charge in [-0.2, -0.15) is 0 Å². The van der Waals surface area contributed by atoms with E-state index >= 15 is 0 Å². The molecule has 17 heavy (non-hydrogen) atoms. The molecule has 104 valence electrons. The van der Waals surface area contributed by atoms with Crippen LogP contribution in [0.3, 0.4) is 0 Å². The van der Waals surface area contributed by atoms with Crippen LogP contribution in [0.2, 0.25) is 0 Å². The van der Waals surface area contributed by atoms with Gasteiger partial charge in [0.05, 0.1) is 0 Å². The van der Waals surface area contributed by atoms with Gasteiger partial charge in [-0.15, -0.1) is 0 Å². The predicted molar refractivity (Wildman–Crippen MR) is 65.1 cm³/mol. The smallest absolute Gasteiger partial charge is 0.773 e. The topological polar surface area (TPSA) is 161 Å². The van der Waals surface area contributed by atoms with Crippen LogP contribution in [0.5, 0.6) is 0 Å². The van der Waals surface area contributed by atoms with Crippen molar-refractivity contribution in [3.8, 4) is 0 Å². The van der Waals surface area contributed by atoms with Crippen LogP contribution in [0.15, 0.2) is 0 Å². The third-order valence-corrected chi connectivity index (χ3v) is 0. The van der Waals surface area contributed by atoms with Crippen molar-refractivity contribution < 1.29 is 35.0 Å². The molecule has 13 heteroatoms. The van der Waals surface area contributed by atoms with Crippen LogP contribution in [0.4, 0.5) is 0 Å². The minimum Gasteiger partial charge on any atom is -0.773 e. The summed E-state index contributed by atoms with van der Waals surface area (Å²) in [4.78, 5) is 0. The normalized spacial score (nSPS) is 14.6. The fraction of sp³-hybridized carbons (Fsp3) is 1.00. The molecule has 0 saturated heterocycles. The van der Waals surface area contributed by atoms with E-state index in [9.17, 15) is 0 Å². The van der Waals surface area contributed by atoms with Crippen molar-refractivity contribution in [2.45, 2.75) is 0 Å². The second-order valence-electron chi connectivity index (χ2n) is 1.61. The van der Waals surface area contributed by atoms with Crippen LogP contribution >= 0.6 is 0 Å². The Kier molecular flexibility index (Phi) is 47.2. The Morgan fingerprint density at radius 1 is 0.529 bits per heavy atom. The summed E-state index contributed by atoms with van der Waals surface area (Å²) >= 11 is -7.44. The Balaban J connectivity index is -0.0000000369. The summed E-state index contributed by atoms with van der Waals surface area (Å²) in [6, 6.07) is 0. The summed E-state index contributed by atoms with van der Waals surface area (Å²) in [5, 5.41) is 0. The molecule has 0 spiro atoms. The van der Waals surface area contributed by atoms with Gasteiger partial charge in [-0.1, -0.05) is 44.3 Å². The average Bonchev–Trinajstić information content (AvgIpc) is 1.76. The van der Waals surface area contributed by atoms with Crippen LogP contribution in [0.25, 0.3) is 0 Å². The Bertz CT molecular complexity index is 170. The Hall–Kier alpha value is 1.24. The van der Waals surface area contributed by atoms with Gasteiger partial charge in [-0.3, -0.25) is 16.8 Å². The van der Waals surface area contributed by atoms with Crippen molar-refractivity contribution in [2.75, 3.05) is 25.0 Å². The first-order chi connectivity index (χ1) is 6.93. The summed E-state index contributed by atoms with van der Waals surface area (Å²) in [5.41, 5.74) is 0. The second-order valence-corrected chi connectivity index (χ2v) is 4.82. The Morgan fingerprint density at radius 3 is 0.529 bits per heavy atom. The van der Waals surface area contributed by atoms with Crippen molar-refractivity contribution >= 4 is 68.2 Å². The molecule has 0 N–H and O–H groups in total. The van der Waals surface area contributed by atoms with Gasteiger partial charge in [0.2, 0.25) is 0 Å². The first-order valence-corrected chi connectivity index (χ1v) is 8.90. The largest absolute Gasteiger partial charge is 4.00 e. The van der Waals surface area contributed by atoms with E-state index < -0.39 is 44.3 Å². The van der Waals surface area contributed by atoms with Crippen LogP contribution in [-0.4, -0.2) is 84.0 Å². The number of rotatable bonds is 0. The Morgan fingerprint density at radius 2 is 0.529 bits per heavy atom. The molecule has 0 aromatic rings. The quantitative estimate of drug-likeness (QED) is 0.301. The molecular weight excluding hydrogens is 423 g/mol. The minimum atomic E-state index is -1.86. The summed E-state index contributed by atoms with van der Waals surface area (Å²) in [6.07, 6.45) is 4.33. The molecule has 0 fully saturated rings. The zero-order chi connectivity index (χ0) is 14.3. The van der Waals surface area contributed by atoms with E-state index in [-0.39, 0.29) is 23.9 Å². The second kappa shape index (κ2) is 25.9. The molecule has 0 rings (SSSR count). The van der Waals surface area contributed by atoms with E-state index in [0.29, 0.717) is 0 Å². The molecule has 0 saturated carbocycles. The summed E-state index contributed by atoms with van der Waals surface area (Å²) in [7, 11) is 0. The van der Waals surface area contributed by atoms with E-state index in [1.54, 1.807) is 0 Å². The number of hydrogen-bond donors (Lipinski definition) is 0. The van der Waals surface area contributed by atoms with Gasteiger partial charge in [0.1, 0.15) is 0 Å². The molecule has 4 atom stereocenters. The zero-order valence-corrected chi connectivity index (χ0v) is 15.5. The van der Waals surface area contributed by atoms with E-state index in [4.69, 9.17) is 35.0 Å². The van der Waals surface area contributed by atoms with E-state index in [2.05, 4.69) is 0 Å². The molecule has 0 heterocycles. The zero-order valence-electron chi connectivity index (χ0n) is 9.40. The van der Waals surface area contributed by atoms with Gasteiger partial charge in [0.25, 0.3) is 0 Å². The molecule has 0 bridgehead atoms. The minimum absolute atomic E-state index is 0. The van der Waals surface area contributed by atoms with Gasteiger partial charge in [0.15, 0.2) is 0 Å². The molecule has 0 aliphatic rings. The van der Waals surface area contributed by atoms with Crippen LogP contribution in [-0.2, 0) is 44.3 Å². The monoisotopic (exact) mass is 436 g/mol. The maximum absolute atomic E-state index is 9.00. The molecule has 0 amide bonds. The van der Waals surface area contributed by atoms with Gasteiger partial charge in [-0.05, 0) is 25.0 Å². The third kappa shape index (κ3) is 2610. The molecular formula is C4H12O8S4Sn. The van der Waals surface area contributed by atoms with E-state index in [1.165, 1.54) is 0 Å². The van der Waals surface area contributed by atoms with Crippen molar-refractivity contribution in [1.82, 2.24) is 0 Å². The molecule has 0 aromatic heterocycles. The van der Waals surface area contributed by atoms with Gasteiger partial charge in [0, 0.05) is 0 Å². The maximum atomic E-state index is 9.00. The Labute approximate surface area is 127 Å². The summed E-state index contributed by atoms with van der Waals surface area (Å²) in [6.45, 7) is 0. The first kappa shape index (κ1) is 30.9. The molecule has 0 aliphatic heterocycles. The van der Waals surface area contributed by atoms with Crippen molar-refractivity contribution in [2.24, 2.45) is 0 Å². The average molecular weight is 435 g/mol. The van der Waals surface area contributed by atoms with Crippen LogP contribution < -0.4 is 0 Å². The van der Waals surface area contributed by atoms with Gasteiger partial charge >= 0.3 is 23.9 Å². The number of hydrogen-bond acceptors (Lipinski definition) is 8. The van der Waals surface area contributed by atoms with E-state index in [0.717, 1.165) is 25.0 Å². The third-order valence-electron chi connectivity index (χ3n) is 0. The molecule has 8 nitrogen and oxygen atoms in total. The van der Waals surface area contributed by atoms with Gasteiger partial charge in [-0.25, -0.2) is 0 Å². The standard InChI is InChI=1S/4CH4O2S.Sn/c4*1-4(2)3;/h4*1H3,(H,2,3);/q;;;;+4/p-4. The first-order valence-electron chi connectivity index (χ1n) is 2.97. The summed E-state index contributed by atoms with van der Waals surface area (Å²) in [5.74, 6) is 0. The van der Waals surface area contributed by atoms with Crippen LogP contribution in [0.1, 0.15) is 0 Å². The molecule has 0 radical (unpaired) electrons. The van der Waals surface area contributed by atoms with Crippen molar-refractivity contribution in [1.29, 1.82) is 0 Å². The molecule has 0 aliphatic carbocycles.